The van der Waals surface area contributed by atoms with Gasteiger partial charge in [0.1, 0.15) is 11.5 Å². The molecule has 0 unspecified atom stereocenters. The summed E-state index contributed by atoms with van der Waals surface area (Å²) in [6, 6.07) is 10.6. The van der Waals surface area contributed by atoms with E-state index in [2.05, 4.69) is 0 Å². The standard InChI is InChI=1S/C30H30O12/c1-15(31)13-23(37)41-29-25(19-5-9-21(35)10-6-19)28(40-18(4)34)30(42-24(38)14-16(2)32)26(27(29)39-17(3)33)20-7-11-22(36)12-8-20/h5-12,15-16,31-32,35-36H,13-14H2,1-4H3/t15-,16-/m1/s1. The Morgan fingerprint density at radius 1 is 0.571 bits per heavy atom. The van der Waals surface area contributed by atoms with Crippen LogP contribution in [0.3, 0.4) is 0 Å². The number of esters is 4. The Balaban J connectivity index is 2.58. The van der Waals surface area contributed by atoms with Crippen LogP contribution in [0.5, 0.6) is 34.5 Å². The molecule has 4 N–H and O–H groups in total. The molecule has 3 aromatic carbocycles. The van der Waals surface area contributed by atoms with Gasteiger partial charge in [-0.25, -0.2) is 0 Å². The van der Waals surface area contributed by atoms with Crippen molar-refractivity contribution in [3.05, 3.63) is 48.5 Å². The predicted molar refractivity (Wildman–Crippen MR) is 147 cm³/mol. The number of benzene rings is 3. The van der Waals surface area contributed by atoms with Gasteiger partial charge in [0.05, 0.1) is 36.2 Å². The molecule has 42 heavy (non-hydrogen) atoms. The zero-order chi connectivity index (χ0) is 31.1. The first-order chi connectivity index (χ1) is 19.8. The molecule has 0 saturated heterocycles. The molecule has 3 rings (SSSR count). The number of phenolic OH excluding ortho intramolecular Hbond substituents is 2. The fraction of sp³-hybridized carbons (Fsp3) is 0.267. The summed E-state index contributed by atoms with van der Waals surface area (Å²) in [5.41, 5.74) is -0.0182. The molecule has 0 amide bonds. The van der Waals surface area contributed by atoms with Gasteiger partial charge in [-0.2, -0.15) is 0 Å². The van der Waals surface area contributed by atoms with Gasteiger partial charge in [-0.1, -0.05) is 24.3 Å². The highest BCUT2D eigenvalue weighted by atomic mass is 16.6. The van der Waals surface area contributed by atoms with Crippen LogP contribution < -0.4 is 18.9 Å². The summed E-state index contributed by atoms with van der Waals surface area (Å²) in [7, 11) is 0. The van der Waals surface area contributed by atoms with Crippen molar-refractivity contribution in [2.75, 3.05) is 0 Å². The molecule has 12 nitrogen and oxygen atoms in total. The van der Waals surface area contributed by atoms with E-state index in [1.165, 1.54) is 62.4 Å². The normalized spacial score (nSPS) is 12.1. The number of rotatable bonds is 10. The molecule has 12 heteroatoms. The topological polar surface area (TPSA) is 186 Å². The fourth-order valence-corrected chi connectivity index (χ4v) is 3.91. The highest BCUT2D eigenvalue weighted by Crippen LogP contribution is 2.57. The van der Waals surface area contributed by atoms with Gasteiger partial charge in [-0.05, 0) is 49.2 Å². The Bertz CT molecular complexity index is 1360. The van der Waals surface area contributed by atoms with Gasteiger partial charge in [0.15, 0.2) is 23.0 Å². The lowest BCUT2D eigenvalue weighted by molar-refractivity contribution is -0.138. The summed E-state index contributed by atoms with van der Waals surface area (Å²) < 4.78 is 22.4. The molecule has 0 aromatic heterocycles. The molecule has 0 spiro atoms. The van der Waals surface area contributed by atoms with Crippen LogP contribution in [0.15, 0.2) is 48.5 Å². The monoisotopic (exact) mass is 582 g/mol. The van der Waals surface area contributed by atoms with E-state index < -0.39 is 71.9 Å². The summed E-state index contributed by atoms with van der Waals surface area (Å²) in [4.78, 5) is 50.6. The molecule has 0 fully saturated rings. The van der Waals surface area contributed by atoms with E-state index in [1.807, 2.05) is 0 Å². The maximum Gasteiger partial charge on any atom is 0.313 e. The summed E-state index contributed by atoms with van der Waals surface area (Å²) >= 11 is 0. The van der Waals surface area contributed by atoms with Crippen LogP contribution in [0.1, 0.15) is 40.5 Å². The third kappa shape index (κ3) is 8.05. The largest absolute Gasteiger partial charge is 0.508 e. The minimum atomic E-state index is -1.11. The van der Waals surface area contributed by atoms with Crippen LogP contribution in [-0.4, -0.2) is 56.5 Å². The molecule has 0 saturated carbocycles. The number of aliphatic hydroxyl groups is 2. The molecule has 2 atom stereocenters. The van der Waals surface area contributed by atoms with Crippen molar-refractivity contribution in [2.45, 2.75) is 52.7 Å². The molecule has 0 aliphatic heterocycles. The van der Waals surface area contributed by atoms with E-state index in [0.29, 0.717) is 0 Å². The third-order valence-corrected chi connectivity index (χ3v) is 5.48. The minimum Gasteiger partial charge on any atom is -0.508 e. The smallest absolute Gasteiger partial charge is 0.313 e. The van der Waals surface area contributed by atoms with Crippen molar-refractivity contribution >= 4 is 23.9 Å². The van der Waals surface area contributed by atoms with Crippen LogP contribution >= 0.6 is 0 Å². The molecule has 3 aromatic rings. The highest BCUT2D eigenvalue weighted by molar-refractivity contribution is 5.98. The minimum absolute atomic E-state index is 0.134. The number of carbonyl (C=O) groups is 4. The maximum atomic E-state index is 12.9. The highest BCUT2D eigenvalue weighted by Gasteiger charge is 2.34. The van der Waals surface area contributed by atoms with E-state index in [0.717, 1.165) is 13.8 Å². The number of aromatic hydroxyl groups is 2. The first kappa shape index (κ1) is 31.6. The molecular weight excluding hydrogens is 552 g/mol. The van der Waals surface area contributed by atoms with Gasteiger partial charge in [0.25, 0.3) is 0 Å². The van der Waals surface area contributed by atoms with Gasteiger partial charge in [0, 0.05) is 13.8 Å². The Morgan fingerprint density at radius 3 is 1.12 bits per heavy atom. The summed E-state index contributed by atoms with van der Waals surface area (Å²) in [6.45, 7) is 4.85. The van der Waals surface area contributed by atoms with E-state index in [-0.39, 0.29) is 33.8 Å². The Morgan fingerprint density at radius 2 is 0.857 bits per heavy atom. The number of carbonyl (C=O) groups excluding carboxylic acids is 4. The van der Waals surface area contributed by atoms with Crippen LogP contribution in [0, 0.1) is 0 Å². The molecule has 222 valence electrons. The number of ether oxygens (including phenoxy) is 4. The molecule has 0 aliphatic rings. The van der Waals surface area contributed by atoms with Crippen LogP contribution in [-0.2, 0) is 19.2 Å². The average molecular weight is 583 g/mol. The van der Waals surface area contributed by atoms with Crippen LogP contribution in [0.25, 0.3) is 22.3 Å². The lowest BCUT2D eigenvalue weighted by Crippen LogP contribution is -2.19. The summed E-state index contributed by atoms with van der Waals surface area (Å²) in [5.74, 6) is -5.65. The van der Waals surface area contributed by atoms with Crippen molar-refractivity contribution in [3.63, 3.8) is 0 Å². The molecular formula is C30H30O12. The van der Waals surface area contributed by atoms with Crippen molar-refractivity contribution in [2.24, 2.45) is 0 Å². The van der Waals surface area contributed by atoms with Crippen molar-refractivity contribution in [1.29, 1.82) is 0 Å². The zero-order valence-corrected chi connectivity index (χ0v) is 23.2. The predicted octanol–water partition coefficient (Wildman–Crippen LogP) is 3.64. The van der Waals surface area contributed by atoms with E-state index in [4.69, 9.17) is 18.9 Å². The zero-order valence-electron chi connectivity index (χ0n) is 23.2. The fourth-order valence-electron chi connectivity index (χ4n) is 3.91. The lowest BCUT2D eigenvalue weighted by Gasteiger charge is -2.24. The maximum absolute atomic E-state index is 12.9. The SMILES string of the molecule is CC(=O)Oc1c(OC(=O)C[C@@H](C)O)c(-c2ccc(O)cc2)c(OC(C)=O)c(OC(=O)C[C@@H](C)O)c1-c1ccc(O)cc1. The van der Waals surface area contributed by atoms with Gasteiger partial charge < -0.3 is 39.4 Å². The first-order valence-electron chi connectivity index (χ1n) is 12.7. The van der Waals surface area contributed by atoms with E-state index in [9.17, 15) is 39.6 Å². The number of hydrogen-bond acceptors (Lipinski definition) is 12. The average Bonchev–Trinajstić information content (AvgIpc) is 2.86. The Labute approximate surface area is 240 Å². The number of hydrogen-bond donors (Lipinski definition) is 4. The van der Waals surface area contributed by atoms with Gasteiger partial charge in [-0.15, -0.1) is 0 Å². The summed E-state index contributed by atoms with van der Waals surface area (Å²) in [5, 5.41) is 39.4. The molecule has 0 heterocycles. The summed E-state index contributed by atoms with van der Waals surface area (Å²) in [6.07, 6.45) is -3.18. The quantitative estimate of drug-likeness (QED) is 0.201. The van der Waals surface area contributed by atoms with Crippen LogP contribution in [0.2, 0.25) is 0 Å². The molecule has 0 radical (unpaired) electrons. The molecule has 0 aliphatic carbocycles. The van der Waals surface area contributed by atoms with Crippen molar-refractivity contribution in [3.8, 4) is 56.8 Å². The van der Waals surface area contributed by atoms with Gasteiger partial charge >= 0.3 is 23.9 Å². The molecule has 0 bridgehead atoms. The van der Waals surface area contributed by atoms with Gasteiger partial charge in [0.2, 0.25) is 0 Å². The van der Waals surface area contributed by atoms with Gasteiger partial charge in [-0.3, -0.25) is 19.2 Å². The van der Waals surface area contributed by atoms with Crippen molar-refractivity contribution < 1.29 is 58.6 Å². The van der Waals surface area contributed by atoms with Crippen molar-refractivity contribution in [1.82, 2.24) is 0 Å². The Hall–Kier alpha value is -4.94. The first-order valence-corrected chi connectivity index (χ1v) is 12.7. The number of aliphatic hydroxyl groups excluding tert-OH is 2. The second-order valence-electron chi connectivity index (χ2n) is 9.40. The van der Waals surface area contributed by atoms with E-state index in [1.54, 1.807) is 0 Å². The second kappa shape index (κ2) is 13.6. The van der Waals surface area contributed by atoms with Crippen LogP contribution in [0.4, 0.5) is 0 Å². The lowest BCUT2D eigenvalue weighted by atomic mass is 9.94. The Kier molecular flexibility index (Phi) is 10.2. The van der Waals surface area contributed by atoms with E-state index >= 15 is 0 Å². The third-order valence-electron chi connectivity index (χ3n) is 5.48. The second-order valence-corrected chi connectivity index (χ2v) is 9.40. The number of phenols is 2.